The minimum Gasteiger partial charge on any atom is -0.357 e. The molecule has 0 aromatic carbocycles. The first-order valence-corrected chi connectivity index (χ1v) is 7.08. The molecule has 0 bridgehead atoms. The van der Waals surface area contributed by atoms with Gasteiger partial charge < -0.3 is 20.5 Å². The molecule has 8 nitrogen and oxygen atoms in total. The first-order valence-electron chi connectivity index (χ1n) is 7.08. The fourth-order valence-electron chi connectivity index (χ4n) is 2.68. The van der Waals surface area contributed by atoms with Crippen LogP contribution in [0.5, 0.6) is 0 Å². The van der Waals surface area contributed by atoms with Crippen LogP contribution in [0.2, 0.25) is 0 Å². The van der Waals surface area contributed by atoms with E-state index in [0.717, 1.165) is 37.3 Å². The Labute approximate surface area is 122 Å². The number of aromatic amines is 1. The van der Waals surface area contributed by atoms with E-state index in [4.69, 9.17) is 0 Å². The number of rotatable bonds is 3. The third kappa shape index (κ3) is 2.74. The average molecular weight is 289 g/mol. The molecule has 3 rings (SSSR count). The average Bonchev–Trinajstić information content (AvgIpc) is 2.94. The number of H-pyrrole nitrogens is 1. The topological polar surface area (TPSA) is 98.8 Å². The van der Waals surface area contributed by atoms with Gasteiger partial charge in [-0.25, -0.2) is 4.98 Å². The Bertz CT molecular complexity index is 645. The van der Waals surface area contributed by atoms with Crippen molar-refractivity contribution >= 4 is 28.8 Å². The van der Waals surface area contributed by atoms with Gasteiger partial charge in [0, 0.05) is 33.1 Å². The second-order valence-corrected chi connectivity index (χ2v) is 5.18. The van der Waals surface area contributed by atoms with E-state index >= 15 is 0 Å². The third-order valence-electron chi connectivity index (χ3n) is 3.69. The first-order chi connectivity index (χ1) is 10.2. The fraction of sp³-hybridized carbons (Fsp3) is 0.538. The Morgan fingerprint density at radius 3 is 2.81 bits per heavy atom. The van der Waals surface area contributed by atoms with E-state index in [0.29, 0.717) is 11.6 Å². The van der Waals surface area contributed by atoms with Gasteiger partial charge in [0.15, 0.2) is 11.5 Å². The van der Waals surface area contributed by atoms with Crippen molar-refractivity contribution in [2.24, 2.45) is 0 Å². The van der Waals surface area contributed by atoms with Gasteiger partial charge in [-0.05, 0) is 12.8 Å². The lowest BCUT2D eigenvalue weighted by atomic mass is 10.1. The summed E-state index contributed by atoms with van der Waals surface area (Å²) < 4.78 is 0. The molecule has 0 radical (unpaired) electrons. The number of hydrogen-bond acceptors (Lipinski definition) is 6. The Morgan fingerprint density at radius 2 is 2.14 bits per heavy atom. The van der Waals surface area contributed by atoms with E-state index in [1.54, 1.807) is 20.3 Å². The molecule has 8 heteroatoms. The number of carbonyl (C=O) groups excluding carboxylic acids is 1. The fourth-order valence-corrected chi connectivity index (χ4v) is 2.68. The highest BCUT2D eigenvalue weighted by atomic mass is 16.1. The first kappa shape index (κ1) is 13.6. The number of fused-ring (bicyclic) bond motifs is 1. The predicted molar refractivity (Wildman–Crippen MR) is 80.3 cm³/mol. The van der Waals surface area contributed by atoms with E-state index < -0.39 is 0 Å². The number of carbonyl (C=O) groups is 1. The molecule has 1 amide bonds. The van der Waals surface area contributed by atoms with Crippen molar-refractivity contribution in [1.82, 2.24) is 25.3 Å². The normalized spacial score (nSPS) is 16.2. The Morgan fingerprint density at radius 1 is 1.38 bits per heavy atom. The van der Waals surface area contributed by atoms with Crippen LogP contribution >= 0.6 is 0 Å². The van der Waals surface area contributed by atoms with E-state index in [1.807, 2.05) is 0 Å². The Balaban J connectivity index is 1.81. The van der Waals surface area contributed by atoms with E-state index in [9.17, 15) is 4.79 Å². The van der Waals surface area contributed by atoms with Crippen LogP contribution in [-0.2, 0) is 4.79 Å². The van der Waals surface area contributed by atoms with Crippen molar-refractivity contribution in [3.63, 3.8) is 0 Å². The summed E-state index contributed by atoms with van der Waals surface area (Å²) in [5.41, 5.74) is 1.51. The number of aromatic nitrogens is 4. The molecule has 112 valence electrons. The molecule has 2 aromatic heterocycles. The van der Waals surface area contributed by atoms with Crippen LogP contribution < -0.4 is 15.5 Å². The van der Waals surface area contributed by atoms with Crippen LogP contribution in [0.15, 0.2) is 6.33 Å². The zero-order chi connectivity index (χ0) is 14.8. The van der Waals surface area contributed by atoms with Gasteiger partial charge in [-0.3, -0.25) is 4.79 Å². The SMILES string of the molecule is CNc1nc(N2CCC(NC(C)=O)CC2)c2[nH]cnc2n1. The Kier molecular flexibility index (Phi) is 3.59. The molecule has 3 heterocycles. The van der Waals surface area contributed by atoms with Crippen LogP contribution in [0.1, 0.15) is 19.8 Å². The molecule has 0 spiro atoms. The maximum atomic E-state index is 11.1. The van der Waals surface area contributed by atoms with E-state index in [1.165, 1.54) is 0 Å². The summed E-state index contributed by atoms with van der Waals surface area (Å²) in [6.07, 6.45) is 3.45. The molecular weight excluding hydrogens is 270 g/mol. The van der Waals surface area contributed by atoms with Crippen molar-refractivity contribution in [2.45, 2.75) is 25.8 Å². The minimum absolute atomic E-state index is 0.0314. The number of amides is 1. The molecule has 0 unspecified atom stereocenters. The molecular formula is C13H19N7O. The van der Waals surface area contributed by atoms with Crippen molar-refractivity contribution in [1.29, 1.82) is 0 Å². The third-order valence-corrected chi connectivity index (χ3v) is 3.69. The molecule has 1 saturated heterocycles. The highest BCUT2D eigenvalue weighted by Gasteiger charge is 2.23. The number of nitrogens with zero attached hydrogens (tertiary/aromatic N) is 4. The standard InChI is InChI=1S/C13H19N7O/c1-8(21)17-9-3-5-20(6-4-9)12-10-11(16-7-15-10)18-13(14-2)19-12/h7,9H,3-6H2,1-2H3,(H,17,21)(H2,14,15,16,18,19). The van der Waals surface area contributed by atoms with Gasteiger partial charge >= 0.3 is 0 Å². The zero-order valence-corrected chi connectivity index (χ0v) is 12.2. The quantitative estimate of drug-likeness (QED) is 0.761. The van der Waals surface area contributed by atoms with Crippen LogP contribution in [0.4, 0.5) is 11.8 Å². The molecule has 1 aliphatic rings. The van der Waals surface area contributed by atoms with Gasteiger partial charge in [0.25, 0.3) is 0 Å². The maximum absolute atomic E-state index is 11.1. The van der Waals surface area contributed by atoms with Gasteiger partial charge in [0.2, 0.25) is 11.9 Å². The highest BCUT2D eigenvalue weighted by Crippen LogP contribution is 2.25. The minimum atomic E-state index is 0.0314. The summed E-state index contributed by atoms with van der Waals surface area (Å²) in [6, 6.07) is 0.251. The monoisotopic (exact) mass is 289 g/mol. The Hall–Kier alpha value is -2.38. The number of anilines is 2. The van der Waals surface area contributed by atoms with Gasteiger partial charge in [0.1, 0.15) is 5.52 Å². The summed E-state index contributed by atoms with van der Waals surface area (Å²) in [5, 5.41) is 5.94. The summed E-state index contributed by atoms with van der Waals surface area (Å²) >= 11 is 0. The van der Waals surface area contributed by atoms with Crippen LogP contribution in [0, 0.1) is 0 Å². The van der Waals surface area contributed by atoms with E-state index in [-0.39, 0.29) is 11.9 Å². The summed E-state index contributed by atoms with van der Waals surface area (Å²) in [7, 11) is 1.79. The lowest BCUT2D eigenvalue weighted by Gasteiger charge is -2.33. The number of nitrogens with one attached hydrogen (secondary N) is 3. The second-order valence-electron chi connectivity index (χ2n) is 5.18. The maximum Gasteiger partial charge on any atom is 0.226 e. The molecule has 0 aliphatic carbocycles. The van der Waals surface area contributed by atoms with Crippen molar-refractivity contribution in [2.75, 3.05) is 30.4 Å². The van der Waals surface area contributed by atoms with Crippen LogP contribution in [-0.4, -0.2) is 52.0 Å². The lowest BCUT2D eigenvalue weighted by molar-refractivity contribution is -0.119. The molecule has 21 heavy (non-hydrogen) atoms. The smallest absolute Gasteiger partial charge is 0.226 e. The van der Waals surface area contributed by atoms with Gasteiger partial charge in [-0.15, -0.1) is 0 Å². The number of piperidine rings is 1. The van der Waals surface area contributed by atoms with Crippen LogP contribution in [0.25, 0.3) is 11.2 Å². The molecule has 2 aromatic rings. The summed E-state index contributed by atoms with van der Waals surface area (Å²) in [6.45, 7) is 3.25. The lowest BCUT2D eigenvalue weighted by Crippen LogP contribution is -2.44. The summed E-state index contributed by atoms with van der Waals surface area (Å²) in [4.78, 5) is 29.5. The molecule has 0 saturated carbocycles. The van der Waals surface area contributed by atoms with Crippen molar-refractivity contribution in [3.05, 3.63) is 6.33 Å². The number of imidazole rings is 1. The molecule has 1 fully saturated rings. The van der Waals surface area contributed by atoms with Crippen LogP contribution in [0.3, 0.4) is 0 Å². The summed E-state index contributed by atoms with van der Waals surface area (Å²) in [5.74, 6) is 1.46. The molecule has 1 aliphatic heterocycles. The number of hydrogen-bond donors (Lipinski definition) is 3. The predicted octanol–water partition coefficient (Wildman–Crippen LogP) is 0.499. The largest absolute Gasteiger partial charge is 0.357 e. The highest BCUT2D eigenvalue weighted by molar-refractivity contribution is 5.84. The zero-order valence-electron chi connectivity index (χ0n) is 12.2. The van der Waals surface area contributed by atoms with Gasteiger partial charge in [-0.2, -0.15) is 9.97 Å². The molecule has 3 N–H and O–H groups in total. The van der Waals surface area contributed by atoms with Crippen molar-refractivity contribution in [3.8, 4) is 0 Å². The van der Waals surface area contributed by atoms with E-state index in [2.05, 4.69) is 35.5 Å². The second kappa shape index (κ2) is 5.55. The molecule has 0 atom stereocenters. The van der Waals surface area contributed by atoms with Crippen molar-refractivity contribution < 1.29 is 4.79 Å². The van der Waals surface area contributed by atoms with Gasteiger partial charge in [-0.1, -0.05) is 0 Å². The van der Waals surface area contributed by atoms with Gasteiger partial charge in [0.05, 0.1) is 6.33 Å².